The van der Waals surface area contributed by atoms with Gasteiger partial charge in [0.1, 0.15) is 0 Å². The molecule has 5 nitrogen and oxygen atoms in total. The standard InChI is InChI=1S/C22H24N2O3/c1-3-5-13-23(4-2)20(25)17-11-12-18-19(14-17)22(27)24(21(18)26)15-16-9-7-6-8-10-16/h6-12,14H,3-5,13,15H2,1-2H3. The number of hydrogen-bond donors (Lipinski definition) is 0. The minimum atomic E-state index is -0.342. The molecule has 0 fully saturated rings. The lowest BCUT2D eigenvalue weighted by atomic mass is 10.0. The fourth-order valence-electron chi connectivity index (χ4n) is 3.27. The van der Waals surface area contributed by atoms with Gasteiger partial charge in [0.25, 0.3) is 17.7 Å². The van der Waals surface area contributed by atoms with E-state index < -0.39 is 0 Å². The first-order valence-corrected chi connectivity index (χ1v) is 9.40. The first-order valence-electron chi connectivity index (χ1n) is 9.40. The third kappa shape index (κ3) is 3.77. The summed E-state index contributed by atoms with van der Waals surface area (Å²) in [4.78, 5) is 41.2. The number of amides is 3. The van der Waals surface area contributed by atoms with Gasteiger partial charge in [0.2, 0.25) is 0 Å². The van der Waals surface area contributed by atoms with Crippen LogP contribution in [0.3, 0.4) is 0 Å². The van der Waals surface area contributed by atoms with E-state index in [9.17, 15) is 14.4 Å². The van der Waals surface area contributed by atoms with Gasteiger partial charge in [-0.05, 0) is 37.1 Å². The molecule has 3 rings (SSSR count). The van der Waals surface area contributed by atoms with Crippen LogP contribution in [0.15, 0.2) is 48.5 Å². The summed E-state index contributed by atoms with van der Waals surface area (Å²) < 4.78 is 0. The molecule has 1 aliphatic rings. The number of imide groups is 1. The number of carbonyl (C=O) groups is 3. The summed E-state index contributed by atoms with van der Waals surface area (Å²) in [6, 6.07) is 14.2. The molecule has 0 radical (unpaired) electrons. The zero-order valence-electron chi connectivity index (χ0n) is 15.8. The smallest absolute Gasteiger partial charge is 0.261 e. The molecule has 0 bridgehead atoms. The van der Waals surface area contributed by atoms with Crippen LogP contribution >= 0.6 is 0 Å². The average molecular weight is 364 g/mol. The molecule has 1 aliphatic heterocycles. The van der Waals surface area contributed by atoms with Gasteiger partial charge in [-0.3, -0.25) is 19.3 Å². The Morgan fingerprint density at radius 3 is 2.33 bits per heavy atom. The molecule has 27 heavy (non-hydrogen) atoms. The predicted octanol–water partition coefficient (Wildman–Crippen LogP) is 3.75. The fourth-order valence-corrected chi connectivity index (χ4v) is 3.27. The van der Waals surface area contributed by atoms with Crippen LogP contribution in [0.1, 0.15) is 63.3 Å². The first kappa shape index (κ1) is 18.8. The van der Waals surface area contributed by atoms with Crippen molar-refractivity contribution in [2.75, 3.05) is 13.1 Å². The molecule has 0 saturated carbocycles. The zero-order valence-corrected chi connectivity index (χ0v) is 15.8. The van der Waals surface area contributed by atoms with Gasteiger partial charge in [-0.2, -0.15) is 0 Å². The van der Waals surface area contributed by atoms with Gasteiger partial charge < -0.3 is 4.90 Å². The van der Waals surface area contributed by atoms with E-state index in [1.807, 2.05) is 37.3 Å². The maximum absolute atomic E-state index is 12.8. The lowest BCUT2D eigenvalue weighted by molar-refractivity contribution is 0.0642. The van der Waals surface area contributed by atoms with Crippen molar-refractivity contribution in [3.8, 4) is 0 Å². The number of hydrogen-bond acceptors (Lipinski definition) is 3. The SMILES string of the molecule is CCCCN(CC)C(=O)c1ccc2c(c1)C(=O)N(Cc1ccccc1)C2=O. The van der Waals surface area contributed by atoms with Gasteiger partial charge in [-0.1, -0.05) is 43.7 Å². The highest BCUT2D eigenvalue weighted by Gasteiger charge is 2.36. The molecule has 2 aromatic rings. The Labute approximate surface area is 159 Å². The van der Waals surface area contributed by atoms with Crippen molar-refractivity contribution in [3.05, 3.63) is 70.8 Å². The Balaban J connectivity index is 1.83. The summed E-state index contributed by atoms with van der Waals surface area (Å²) in [5, 5.41) is 0. The van der Waals surface area contributed by atoms with Crippen LogP contribution < -0.4 is 0 Å². The molecule has 5 heteroatoms. The highest BCUT2D eigenvalue weighted by Crippen LogP contribution is 2.26. The van der Waals surface area contributed by atoms with Crippen LogP contribution in [0, 0.1) is 0 Å². The molecule has 1 heterocycles. The summed E-state index contributed by atoms with van der Waals surface area (Å²) >= 11 is 0. The van der Waals surface area contributed by atoms with E-state index in [0.29, 0.717) is 29.8 Å². The van der Waals surface area contributed by atoms with E-state index in [-0.39, 0.29) is 24.3 Å². The number of unbranched alkanes of at least 4 members (excludes halogenated alkanes) is 1. The number of nitrogens with zero attached hydrogens (tertiary/aromatic N) is 2. The fraction of sp³-hybridized carbons (Fsp3) is 0.318. The molecule has 0 N–H and O–H groups in total. The Kier molecular flexibility index (Phi) is 5.69. The minimum Gasteiger partial charge on any atom is -0.339 e. The highest BCUT2D eigenvalue weighted by molar-refractivity contribution is 6.22. The topological polar surface area (TPSA) is 57.7 Å². The Morgan fingerprint density at radius 1 is 0.963 bits per heavy atom. The molecule has 0 aliphatic carbocycles. The van der Waals surface area contributed by atoms with Gasteiger partial charge in [0.15, 0.2) is 0 Å². The maximum Gasteiger partial charge on any atom is 0.261 e. The van der Waals surface area contributed by atoms with Crippen molar-refractivity contribution in [1.82, 2.24) is 9.80 Å². The van der Waals surface area contributed by atoms with Gasteiger partial charge >= 0.3 is 0 Å². The van der Waals surface area contributed by atoms with Crippen molar-refractivity contribution in [3.63, 3.8) is 0 Å². The molecule has 0 spiro atoms. The van der Waals surface area contributed by atoms with Crippen LogP contribution in [0.2, 0.25) is 0 Å². The Bertz CT molecular complexity index is 861. The van der Waals surface area contributed by atoms with Gasteiger partial charge in [-0.25, -0.2) is 0 Å². The van der Waals surface area contributed by atoms with E-state index in [4.69, 9.17) is 0 Å². The Morgan fingerprint density at radius 2 is 1.67 bits per heavy atom. The molecule has 0 unspecified atom stereocenters. The molecule has 2 aromatic carbocycles. The maximum atomic E-state index is 12.8. The summed E-state index contributed by atoms with van der Waals surface area (Å²) in [5.41, 5.74) is 2.02. The van der Waals surface area contributed by atoms with Crippen LogP contribution in [-0.4, -0.2) is 40.6 Å². The quantitative estimate of drug-likeness (QED) is 0.703. The second-order valence-electron chi connectivity index (χ2n) is 6.68. The van der Waals surface area contributed by atoms with Crippen molar-refractivity contribution in [1.29, 1.82) is 0 Å². The summed E-state index contributed by atoms with van der Waals surface area (Å²) in [5.74, 6) is -0.753. The first-order chi connectivity index (χ1) is 13.1. The number of benzene rings is 2. The number of rotatable bonds is 7. The lowest BCUT2D eigenvalue weighted by Crippen LogP contribution is -2.31. The summed E-state index contributed by atoms with van der Waals surface area (Å²) in [7, 11) is 0. The summed E-state index contributed by atoms with van der Waals surface area (Å²) in [6.45, 7) is 5.56. The third-order valence-corrected chi connectivity index (χ3v) is 4.85. The molecule has 3 amide bonds. The van der Waals surface area contributed by atoms with Crippen molar-refractivity contribution < 1.29 is 14.4 Å². The van der Waals surface area contributed by atoms with Crippen molar-refractivity contribution >= 4 is 17.7 Å². The lowest BCUT2D eigenvalue weighted by Gasteiger charge is -2.20. The second kappa shape index (κ2) is 8.16. The number of carbonyl (C=O) groups excluding carboxylic acids is 3. The van der Waals surface area contributed by atoms with Crippen LogP contribution in [0.5, 0.6) is 0 Å². The largest absolute Gasteiger partial charge is 0.339 e. The minimum absolute atomic E-state index is 0.101. The van der Waals surface area contributed by atoms with Crippen LogP contribution in [0.25, 0.3) is 0 Å². The highest BCUT2D eigenvalue weighted by atomic mass is 16.2. The molecular formula is C22H24N2O3. The monoisotopic (exact) mass is 364 g/mol. The molecular weight excluding hydrogens is 340 g/mol. The van der Waals surface area contributed by atoms with Gasteiger partial charge in [0, 0.05) is 18.7 Å². The summed E-state index contributed by atoms with van der Waals surface area (Å²) in [6.07, 6.45) is 1.95. The van der Waals surface area contributed by atoms with Crippen molar-refractivity contribution in [2.24, 2.45) is 0 Å². The van der Waals surface area contributed by atoms with E-state index in [0.717, 1.165) is 18.4 Å². The number of fused-ring (bicyclic) bond motifs is 1. The van der Waals surface area contributed by atoms with Crippen LogP contribution in [-0.2, 0) is 6.54 Å². The van der Waals surface area contributed by atoms with E-state index >= 15 is 0 Å². The third-order valence-electron chi connectivity index (χ3n) is 4.85. The second-order valence-corrected chi connectivity index (χ2v) is 6.68. The molecule has 140 valence electrons. The molecule has 0 saturated heterocycles. The van der Waals surface area contributed by atoms with Gasteiger partial charge in [0.05, 0.1) is 17.7 Å². The van der Waals surface area contributed by atoms with Gasteiger partial charge in [-0.15, -0.1) is 0 Å². The zero-order chi connectivity index (χ0) is 19.4. The van der Waals surface area contributed by atoms with E-state index in [1.165, 1.54) is 4.90 Å². The Hall–Kier alpha value is -2.95. The van der Waals surface area contributed by atoms with E-state index in [1.54, 1.807) is 23.1 Å². The normalized spacial score (nSPS) is 13.0. The van der Waals surface area contributed by atoms with Crippen LogP contribution in [0.4, 0.5) is 0 Å². The van der Waals surface area contributed by atoms with E-state index in [2.05, 4.69) is 6.92 Å². The molecule has 0 atom stereocenters. The molecule has 0 aromatic heterocycles. The predicted molar refractivity (Wildman–Crippen MR) is 104 cm³/mol. The average Bonchev–Trinajstić information content (AvgIpc) is 2.93. The van der Waals surface area contributed by atoms with Crippen molar-refractivity contribution in [2.45, 2.75) is 33.2 Å².